The molecule has 1 saturated heterocycles. The van der Waals surface area contributed by atoms with E-state index in [0.717, 1.165) is 25.0 Å². The lowest BCUT2D eigenvalue weighted by Gasteiger charge is -2.33. The highest BCUT2D eigenvalue weighted by Gasteiger charge is 2.42. The maximum absolute atomic E-state index is 12.8. The van der Waals surface area contributed by atoms with Gasteiger partial charge in [-0.2, -0.15) is 5.26 Å². The van der Waals surface area contributed by atoms with Crippen LogP contribution in [0.3, 0.4) is 0 Å². The maximum Gasteiger partial charge on any atom is 0.270 e. The van der Waals surface area contributed by atoms with Crippen LogP contribution in [0.1, 0.15) is 52.8 Å². The minimum Gasteiger partial charge on any atom is -0.495 e. The fraction of sp³-hybridized carbons (Fsp3) is 0.474. The predicted octanol–water partition coefficient (Wildman–Crippen LogP) is 1.37. The molecule has 0 aromatic carbocycles. The van der Waals surface area contributed by atoms with Gasteiger partial charge in [-0.25, -0.2) is 15.4 Å². The SMILES string of the molecule is COc1cc(C(=O)NC2CCC3NNC(c4cnco4)C3C2)nc(C)c1C#N. The average molecular weight is 382 g/mol. The van der Waals surface area contributed by atoms with Gasteiger partial charge in [0.2, 0.25) is 0 Å². The molecule has 2 aromatic rings. The van der Waals surface area contributed by atoms with Gasteiger partial charge in [0.05, 0.1) is 25.0 Å². The Labute approximate surface area is 162 Å². The van der Waals surface area contributed by atoms with Gasteiger partial charge in [-0.3, -0.25) is 10.2 Å². The maximum atomic E-state index is 12.8. The number of carbonyl (C=O) groups is 1. The molecule has 9 heteroatoms. The third kappa shape index (κ3) is 3.32. The molecule has 2 fully saturated rings. The molecule has 4 atom stereocenters. The van der Waals surface area contributed by atoms with Gasteiger partial charge in [0.15, 0.2) is 6.39 Å². The minimum absolute atomic E-state index is 0.0302. The van der Waals surface area contributed by atoms with Gasteiger partial charge in [0, 0.05) is 24.1 Å². The highest BCUT2D eigenvalue weighted by Crippen LogP contribution is 2.38. The van der Waals surface area contributed by atoms with Crippen molar-refractivity contribution in [3.63, 3.8) is 0 Å². The first kappa shape index (κ1) is 18.4. The molecule has 0 radical (unpaired) electrons. The summed E-state index contributed by atoms with van der Waals surface area (Å²) in [5, 5.41) is 12.3. The molecule has 0 bridgehead atoms. The summed E-state index contributed by atoms with van der Waals surface area (Å²) in [6, 6.07) is 3.97. The molecule has 146 valence electrons. The van der Waals surface area contributed by atoms with Crippen molar-refractivity contribution in [2.75, 3.05) is 7.11 Å². The van der Waals surface area contributed by atoms with E-state index in [0.29, 0.717) is 23.0 Å². The first-order chi connectivity index (χ1) is 13.6. The monoisotopic (exact) mass is 382 g/mol. The van der Waals surface area contributed by atoms with Crippen LogP contribution in [0.25, 0.3) is 0 Å². The van der Waals surface area contributed by atoms with Crippen LogP contribution >= 0.6 is 0 Å². The summed E-state index contributed by atoms with van der Waals surface area (Å²) in [6.45, 7) is 1.70. The van der Waals surface area contributed by atoms with Crippen LogP contribution in [0.2, 0.25) is 0 Å². The number of fused-ring (bicyclic) bond motifs is 1. The van der Waals surface area contributed by atoms with Crippen LogP contribution in [-0.4, -0.2) is 35.1 Å². The Kier molecular flexibility index (Phi) is 4.98. The lowest BCUT2D eigenvalue weighted by molar-refractivity contribution is 0.0908. The molecule has 2 aliphatic rings. The number of nitrogens with zero attached hydrogens (tertiary/aromatic N) is 3. The van der Waals surface area contributed by atoms with Gasteiger partial charge in [-0.05, 0) is 26.2 Å². The first-order valence-corrected chi connectivity index (χ1v) is 9.26. The van der Waals surface area contributed by atoms with Crippen molar-refractivity contribution in [2.24, 2.45) is 5.92 Å². The molecule has 0 spiro atoms. The van der Waals surface area contributed by atoms with Gasteiger partial charge in [0.1, 0.15) is 28.8 Å². The van der Waals surface area contributed by atoms with E-state index in [9.17, 15) is 10.1 Å². The average Bonchev–Trinajstić information content (AvgIpc) is 3.36. The number of oxazole rings is 1. The molecule has 3 N–H and O–H groups in total. The third-order valence-electron chi connectivity index (χ3n) is 5.57. The summed E-state index contributed by atoms with van der Waals surface area (Å²) in [6.07, 6.45) is 5.78. The summed E-state index contributed by atoms with van der Waals surface area (Å²) in [5.74, 6) is 1.18. The second kappa shape index (κ2) is 7.58. The quantitative estimate of drug-likeness (QED) is 0.724. The molecule has 28 heavy (non-hydrogen) atoms. The molecule has 4 unspecified atom stereocenters. The van der Waals surface area contributed by atoms with E-state index in [1.807, 2.05) is 0 Å². The molecule has 1 amide bonds. The summed E-state index contributed by atoms with van der Waals surface area (Å²) < 4.78 is 10.7. The zero-order valence-corrected chi connectivity index (χ0v) is 15.7. The lowest BCUT2D eigenvalue weighted by Crippen LogP contribution is -2.44. The summed E-state index contributed by atoms with van der Waals surface area (Å²) in [4.78, 5) is 21.0. The Hall–Kier alpha value is -2.96. The standard InChI is InChI=1S/C19H22N6O3/c1-10-13(7-20)16(27-2)6-15(22-10)19(26)23-11-3-4-14-12(5-11)18(25-24-14)17-8-21-9-28-17/h6,8-9,11-12,14,18,24-25H,3-5H2,1-2H3,(H,23,26). The number of hydrogen-bond donors (Lipinski definition) is 3. The van der Waals surface area contributed by atoms with Crippen LogP contribution in [0.5, 0.6) is 5.75 Å². The molecular formula is C19H22N6O3. The van der Waals surface area contributed by atoms with E-state index < -0.39 is 0 Å². The van der Waals surface area contributed by atoms with Crippen molar-refractivity contribution >= 4 is 5.91 Å². The number of aromatic nitrogens is 2. The van der Waals surface area contributed by atoms with Gasteiger partial charge < -0.3 is 14.5 Å². The normalized spacial score (nSPS) is 26.3. The number of ether oxygens (including phenoxy) is 1. The fourth-order valence-electron chi connectivity index (χ4n) is 4.17. The molecule has 9 nitrogen and oxygen atoms in total. The Morgan fingerprint density at radius 3 is 3.00 bits per heavy atom. The van der Waals surface area contributed by atoms with Crippen molar-refractivity contribution in [1.82, 2.24) is 26.1 Å². The van der Waals surface area contributed by atoms with Gasteiger partial charge >= 0.3 is 0 Å². The van der Waals surface area contributed by atoms with E-state index in [1.165, 1.54) is 19.6 Å². The number of pyridine rings is 1. The topological polar surface area (TPSA) is 125 Å². The first-order valence-electron chi connectivity index (χ1n) is 9.26. The predicted molar refractivity (Wildman–Crippen MR) is 98.1 cm³/mol. The lowest BCUT2D eigenvalue weighted by atomic mass is 9.78. The van der Waals surface area contributed by atoms with Crippen molar-refractivity contribution in [3.05, 3.63) is 41.4 Å². The van der Waals surface area contributed by atoms with Gasteiger partial charge in [-0.1, -0.05) is 0 Å². The Bertz CT molecular complexity index is 907. The van der Waals surface area contributed by atoms with Crippen molar-refractivity contribution in [2.45, 2.75) is 44.3 Å². The van der Waals surface area contributed by atoms with E-state index in [4.69, 9.17) is 9.15 Å². The summed E-state index contributed by atoms with van der Waals surface area (Å²) >= 11 is 0. The second-order valence-electron chi connectivity index (χ2n) is 7.21. The van der Waals surface area contributed by atoms with Crippen molar-refractivity contribution < 1.29 is 13.9 Å². The molecule has 4 rings (SSSR count). The Morgan fingerprint density at radius 2 is 2.29 bits per heavy atom. The molecular weight excluding hydrogens is 360 g/mol. The number of hydrazine groups is 1. The van der Waals surface area contributed by atoms with Crippen LogP contribution in [-0.2, 0) is 0 Å². The summed E-state index contributed by atoms with van der Waals surface area (Å²) in [5.41, 5.74) is 7.69. The molecule has 1 aliphatic carbocycles. The van der Waals surface area contributed by atoms with Crippen LogP contribution < -0.4 is 20.9 Å². The van der Waals surface area contributed by atoms with E-state index in [-0.39, 0.29) is 29.6 Å². The van der Waals surface area contributed by atoms with E-state index >= 15 is 0 Å². The Morgan fingerprint density at radius 1 is 1.43 bits per heavy atom. The largest absolute Gasteiger partial charge is 0.495 e. The highest BCUT2D eigenvalue weighted by atomic mass is 16.5. The molecule has 1 saturated carbocycles. The van der Waals surface area contributed by atoms with Crippen LogP contribution in [0.15, 0.2) is 23.1 Å². The minimum atomic E-state index is -0.260. The zero-order valence-electron chi connectivity index (χ0n) is 15.7. The number of rotatable bonds is 4. The number of nitriles is 1. The number of methoxy groups -OCH3 is 1. The highest BCUT2D eigenvalue weighted by molar-refractivity contribution is 5.93. The number of aryl methyl sites for hydroxylation is 1. The molecule has 1 aliphatic heterocycles. The van der Waals surface area contributed by atoms with Gasteiger partial charge in [-0.15, -0.1) is 0 Å². The van der Waals surface area contributed by atoms with Crippen LogP contribution in [0.4, 0.5) is 0 Å². The fourth-order valence-corrected chi connectivity index (χ4v) is 4.17. The van der Waals surface area contributed by atoms with E-state index in [2.05, 4.69) is 32.2 Å². The van der Waals surface area contributed by atoms with E-state index in [1.54, 1.807) is 13.1 Å². The van der Waals surface area contributed by atoms with Crippen LogP contribution in [0, 0.1) is 24.2 Å². The zero-order chi connectivity index (χ0) is 19.7. The van der Waals surface area contributed by atoms with Crippen molar-refractivity contribution in [1.29, 1.82) is 5.26 Å². The smallest absolute Gasteiger partial charge is 0.270 e. The number of nitrogens with one attached hydrogen (secondary N) is 3. The molecule has 3 heterocycles. The van der Waals surface area contributed by atoms with Gasteiger partial charge in [0.25, 0.3) is 5.91 Å². The number of hydrogen-bond acceptors (Lipinski definition) is 8. The third-order valence-corrected chi connectivity index (χ3v) is 5.57. The second-order valence-corrected chi connectivity index (χ2v) is 7.21. The number of amides is 1. The van der Waals surface area contributed by atoms with Crippen molar-refractivity contribution in [3.8, 4) is 11.8 Å². The molecule has 2 aromatic heterocycles. The number of carbonyl (C=O) groups excluding carboxylic acids is 1. The summed E-state index contributed by atoms with van der Waals surface area (Å²) in [7, 11) is 1.47. The Balaban J connectivity index is 1.47.